The normalized spacial score (nSPS) is 10.1. The number of nitrogens with zero attached hydrogens (tertiary/aromatic N) is 1. The van der Waals surface area contributed by atoms with Crippen LogP contribution in [0.2, 0.25) is 0 Å². The Kier molecular flexibility index (Phi) is 6.94. The Morgan fingerprint density at radius 3 is 2.47 bits per heavy atom. The molecule has 0 fully saturated rings. The molecule has 0 atom stereocenters. The van der Waals surface area contributed by atoms with Crippen molar-refractivity contribution in [3.8, 4) is 0 Å². The first-order valence-corrected chi connectivity index (χ1v) is 7.51. The Morgan fingerprint density at radius 1 is 1.26 bits per heavy atom. The molecule has 1 amide bonds. The van der Waals surface area contributed by atoms with E-state index >= 15 is 0 Å². The predicted molar refractivity (Wildman–Crippen MR) is 80.1 cm³/mol. The highest BCUT2D eigenvalue weighted by atomic mass is 79.9. The minimum Gasteiger partial charge on any atom is -0.461 e. The zero-order chi connectivity index (χ0) is 14.3. The van der Waals surface area contributed by atoms with Crippen molar-refractivity contribution in [1.29, 1.82) is 0 Å². The average molecular weight is 346 g/mol. The highest BCUT2D eigenvalue weighted by Crippen LogP contribution is 2.12. The van der Waals surface area contributed by atoms with E-state index in [2.05, 4.69) is 15.9 Å². The average Bonchev–Trinajstić information content (AvgIpc) is 2.37. The quantitative estimate of drug-likeness (QED) is 0.768. The van der Waals surface area contributed by atoms with Crippen LogP contribution in [0, 0.1) is 0 Å². The lowest BCUT2D eigenvalue weighted by atomic mass is 10.2. The molecular formula is C13H16BrNO3S. The number of ether oxygens (including phenoxy) is 1. The van der Waals surface area contributed by atoms with E-state index in [4.69, 9.17) is 4.74 Å². The minimum atomic E-state index is -0.290. The van der Waals surface area contributed by atoms with E-state index in [1.807, 2.05) is 24.3 Å². The third kappa shape index (κ3) is 6.63. The van der Waals surface area contributed by atoms with Crippen molar-refractivity contribution in [3.63, 3.8) is 0 Å². The standard InChI is InChI=1S/C13H16BrNO3S/c1-15(2)13(17)19-8-7-12(16)18-9-10-3-5-11(14)6-4-10/h3-6H,7-9H2,1-2H3. The number of halogens is 1. The van der Waals surface area contributed by atoms with Crippen molar-refractivity contribution < 1.29 is 14.3 Å². The van der Waals surface area contributed by atoms with Gasteiger partial charge in [-0.25, -0.2) is 0 Å². The fraction of sp³-hybridized carbons (Fsp3) is 0.385. The van der Waals surface area contributed by atoms with Gasteiger partial charge in [0.2, 0.25) is 0 Å². The topological polar surface area (TPSA) is 46.6 Å². The monoisotopic (exact) mass is 345 g/mol. The van der Waals surface area contributed by atoms with Crippen molar-refractivity contribution in [3.05, 3.63) is 34.3 Å². The molecule has 0 aliphatic carbocycles. The van der Waals surface area contributed by atoms with Gasteiger partial charge in [0, 0.05) is 24.3 Å². The summed E-state index contributed by atoms with van der Waals surface area (Å²) in [7, 11) is 3.36. The lowest BCUT2D eigenvalue weighted by molar-refractivity contribution is -0.144. The molecule has 6 heteroatoms. The first kappa shape index (κ1) is 16.0. The number of esters is 1. The van der Waals surface area contributed by atoms with Crippen LogP contribution in [0.3, 0.4) is 0 Å². The number of amides is 1. The zero-order valence-corrected chi connectivity index (χ0v) is 13.3. The maximum atomic E-state index is 11.5. The van der Waals surface area contributed by atoms with Gasteiger partial charge in [-0.2, -0.15) is 0 Å². The summed E-state index contributed by atoms with van der Waals surface area (Å²) in [6.07, 6.45) is 0.237. The second kappa shape index (κ2) is 8.22. The van der Waals surface area contributed by atoms with Crippen molar-refractivity contribution >= 4 is 38.9 Å². The van der Waals surface area contributed by atoms with Gasteiger partial charge in [-0.3, -0.25) is 9.59 Å². The summed E-state index contributed by atoms with van der Waals surface area (Å²) in [6, 6.07) is 7.58. The molecule has 0 N–H and O–H groups in total. The van der Waals surface area contributed by atoms with Crippen LogP contribution in [0.5, 0.6) is 0 Å². The van der Waals surface area contributed by atoms with Crippen LogP contribution in [0.15, 0.2) is 28.7 Å². The third-order valence-electron chi connectivity index (χ3n) is 2.21. The van der Waals surface area contributed by atoms with Gasteiger partial charge in [0.15, 0.2) is 0 Å². The maximum Gasteiger partial charge on any atom is 0.306 e. The minimum absolute atomic E-state index is 0.0549. The number of benzene rings is 1. The Morgan fingerprint density at radius 2 is 1.89 bits per heavy atom. The van der Waals surface area contributed by atoms with Crippen molar-refractivity contribution in [1.82, 2.24) is 4.90 Å². The molecule has 0 bridgehead atoms. The molecule has 4 nitrogen and oxygen atoms in total. The van der Waals surface area contributed by atoms with Gasteiger partial charge < -0.3 is 9.64 Å². The molecule has 0 saturated heterocycles. The summed E-state index contributed by atoms with van der Waals surface area (Å²) < 4.78 is 6.10. The molecule has 1 aromatic carbocycles. The van der Waals surface area contributed by atoms with Crippen LogP contribution in [-0.4, -0.2) is 36.0 Å². The first-order valence-electron chi connectivity index (χ1n) is 5.73. The molecule has 0 aliphatic heterocycles. The van der Waals surface area contributed by atoms with Crippen molar-refractivity contribution in [2.75, 3.05) is 19.8 Å². The molecule has 0 aromatic heterocycles. The second-order valence-corrected chi connectivity index (χ2v) is 6.01. The smallest absolute Gasteiger partial charge is 0.306 e. The number of carbonyl (C=O) groups excluding carboxylic acids is 2. The summed E-state index contributed by atoms with van der Waals surface area (Å²) in [5.74, 6) is 0.151. The summed E-state index contributed by atoms with van der Waals surface area (Å²) in [4.78, 5) is 24.2. The Labute approximate surface area is 125 Å². The van der Waals surface area contributed by atoms with Gasteiger partial charge in [-0.1, -0.05) is 39.8 Å². The Bertz CT molecular complexity index is 434. The van der Waals surface area contributed by atoms with Crippen LogP contribution in [0.25, 0.3) is 0 Å². The van der Waals surface area contributed by atoms with E-state index < -0.39 is 0 Å². The van der Waals surface area contributed by atoms with E-state index in [9.17, 15) is 9.59 Å². The van der Waals surface area contributed by atoms with E-state index in [0.29, 0.717) is 5.75 Å². The van der Waals surface area contributed by atoms with Gasteiger partial charge in [0.1, 0.15) is 6.61 Å². The second-order valence-electron chi connectivity index (χ2n) is 4.05. The van der Waals surface area contributed by atoms with Crippen LogP contribution in [0.4, 0.5) is 4.79 Å². The molecular weight excluding hydrogens is 330 g/mol. The number of rotatable bonds is 5. The first-order chi connectivity index (χ1) is 8.99. The lowest BCUT2D eigenvalue weighted by Crippen LogP contribution is -2.17. The van der Waals surface area contributed by atoms with E-state index in [-0.39, 0.29) is 24.2 Å². The molecule has 0 spiro atoms. The van der Waals surface area contributed by atoms with Crippen LogP contribution < -0.4 is 0 Å². The summed E-state index contributed by atoms with van der Waals surface area (Å²) >= 11 is 4.45. The number of carbonyl (C=O) groups is 2. The predicted octanol–water partition coefficient (Wildman–Crippen LogP) is 3.30. The van der Waals surface area contributed by atoms with Gasteiger partial charge in [0.05, 0.1) is 6.42 Å². The van der Waals surface area contributed by atoms with Crippen LogP contribution >= 0.6 is 27.7 Å². The van der Waals surface area contributed by atoms with Gasteiger partial charge in [0.25, 0.3) is 5.24 Å². The molecule has 0 aliphatic rings. The van der Waals surface area contributed by atoms with E-state index in [1.54, 1.807) is 14.1 Å². The number of hydrogen-bond donors (Lipinski definition) is 0. The summed E-state index contributed by atoms with van der Waals surface area (Å²) in [5.41, 5.74) is 0.938. The molecule has 0 unspecified atom stereocenters. The van der Waals surface area contributed by atoms with Crippen molar-refractivity contribution in [2.45, 2.75) is 13.0 Å². The number of thioether (sulfide) groups is 1. The molecule has 1 aromatic rings. The molecule has 1 rings (SSSR count). The van der Waals surface area contributed by atoms with E-state index in [0.717, 1.165) is 21.8 Å². The Hall–Kier alpha value is -1.01. The third-order valence-corrected chi connectivity index (χ3v) is 3.76. The largest absolute Gasteiger partial charge is 0.461 e. The highest BCUT2D eigenvalue weighted by Gasteiger charge is 2.08. The van der Waals surface area contributed by atoms with Gasteiger partial charge in [-0.05, 0) is 17.7 Å². The molecule has 19 heavy (non-hydrogen) atoms. The van der Waals surface area contributed by atoms with Gasteiger partial charge in [-0.15, -0.1) is 0 Å². The molecule has 0 heterocycles. The molecule has 0 saturated carbocycles. The zero-order valence-electron chi connectivity index (χ0n) is 10.9. The molecule has 104 valence electrons. The fourth-order valence-corrected chi connectivity index (χ4v) is 2.13. The van der Waals surface area contributed by atoms with Gasteiger partial charge >= 0.3 is 5.97 Å². The lowest BCUT2D eigenvalue weighted by Gasteiger charge is -2.09. The maximum absolute atomic E-state index is 11.5. The molecule has 0 radical (unpaired) electrons. The number of hydrogen-bond acceptors (Lipinski definition) is 4. The summed E-state index contributed by atoms with van der Waals surface area (Å²) in [6.45, 7) is 0.262. The Balaban J connectivity index is 2.21. The highest BCUT2D eigenvalue weighted by molar-refractivity contribution is 9.10. The van der Waals surface area contributed by atoms with Crippen LogP contribution in [-0.2, 0) is 16.1 Å². The van der Waals surface area contributed by atoms with Crippen molar-refractivity contribution in [2.24, 2.45) is 0 Å². The summed E-state index contributed by atoms with van der Waals surface area (Å²) in [5, 5.41) is -0.0549. The van der Waals surface area contributed by atoms with E-state index in [1.165, 1.54) is 4.90 Å². The van der Waals surface area contributed by atoms with Crippen LogP contribution in [0.1, 0.15) is 12.0 Å². The SMILES string of the molecule is CN(C)C(=O)SCCC(=O)OCc1ccc(Br)cc1. The fourth-order valence-electron chi connectivity index (χ4n) is 1.17.